The molecule has 1 unspecified atom stereocenters. The molecule has 0 radical (unpaired) electrons. The molecule has 0 aromatic rings. The Morgan fingerprint density at radius 1 is 1.20 bits per heavy atom. The van der Waals surface area contributed by atoms with Gasteiger partial charge in [0.05, 0.1) is 0 Å². The largest absolute Gasteiger partial charge is 0.465 e. The Morgan fingerprint density at radius 2 is 1.88 bits per heavy atom. The van der Waals surface area contributed by atoms with E-state index < -0.39 is 6.09 Å². The van der Waals surface area contributed by atoms with Crippen molar-refractivity contribution in [2.75, 3.05) is 19.6 Å². The van der Waals surface area contributed by atoms with E-state index in [1.807, 2.05) is 0 Å². The fourth-order valence-electron chi connectivity index (χ4n) is 6.10. The van der Waals surface area contributed by atoms with Crippen LogP contribution >= 0.6 is 0 Å². The number of piperidine rings is 1. The molecule has 0 aromatic heterocycles. The number of amides is 2. The molecule has 6 nitrogen and oxygen atoms in total. The molecule has 1 saturated carbocycles. The minimum Gasteiger partial charge on any atom is -0.465 e. The second kappa shape index (κ2) is 6.15. The van der Waals surface area contributed by atoms with Gasteiger partial charge >= 0.3 is 6.09 Å². The summed E-state index contributed by atoms with van der Waals surface area (Å²) in [6, 6.07) is 1.70. The molecule has 4 fully saturated rings. The van der Waals surface area contributed by atoms with E-state index in [1.54, 1.807) is 4.90 Å². The average Bonchev–Trinajstić information content (AvgIpc) is 2.85. The summed E-state index contributed by atoms with van der Waals surface area (Å²) in [5.41, 5.74) is 0.258. The number of carboxylic acid groups (broad SMARTS) is 1. The average molecular weight is 349 g/mol. The van der Waals surface area contributed by atoms with Gasteiger partial charge in [-0.3, -0.25) is 4.79 Å². The van der Waals surface area contributed by atoms with Crippen LogP contribution in [0.15, 0.2) is 0 Å². The number of carbonyl (C=O) groups excluding carboxylic acids is 1. The first-order valence-electron chi connectivity index (χ1n) is 10.00. The number of nitrogens with zero attached hydrogens (tertiary/aromatic N) is 3. The zero-order chi connectivity index (χ0) is 17.8. The van der Waals surface area contributed by atoms with Gasteiger partial charge in [-0.1, -0.05) is 6.92 Å². The summed E-state index contributed by atoms with van der Waals surface area (Å²) >= 11 is 0. The van der Waals surface area contributed by atoms with Crippen LogP contribution in [0.1, 0.15) is 58.8 Å². The number of likely N-dealkylation sites (tertiary alicyclic amines) is 3. The first-order valence-corrected chi connectivity index (χ1v) is 10.00. The van der Waals surface area contributed by atoms with Crippen LogP contribution in [-0.4, -0.2) is 75.6 Å². The zero-order valence-corrected chi connectivity index (χ0v) is 15.5. The Labute approximate surface area is 150 Å². The van der Waals surface area contributed by atoms with Gasteiger partial charge in [0.1, 0.15) is 0 Å². The van der Waals surface area contributed by atoms with Gasteiger partial charge in [-0.2, -0.15) is 0 Å². The highest BCUT2D eigenvalue weighted by atomic mass is 16.4. The van der Waals surface area contributed by atoms with Crippen molar-refractivity contribution in [2.45, 2.75) is 83.0 Å². The number of hydrogen-bond acceptors (Lipinski definition) is 3. The molecule has 4 rings (SSSR count). The van der Waals surface area contributed by atoms with E-state index in [4.69, 9.17) is 0 Å². The lowest BCUT2D eigenvalue weighted by Gasteiger charge is -2.65. The standard InChI is InChI=1S/C19H31N3O3/c1-3-16-19(12-21(16)18(24)25)10-15(11-19)20-8-6-14(7-9-20)22-13(2)4-5-17(22)23/h13-16H,3-12H2,1-2H3,(H,24,25)/t13-,15?,16?,19?/m1/s1. The van der Waals surface area contributed by atoms with Gasteiger partial charge in [0.2, 0.25) is 5.91 Å². The Kier molecular flexibility index (Phi) is 4.21. The third-order valence-electron chi connectivity index (χ3n) is 7.43. The molecule has 2 amide bonds. The van der Waals surface area contributed by atoms with E-state index >= 15 is 0 Å². The lowest BCUT2D eigenvalue weighted by Crippen LogP contribution is -2.73. The van der Waals surface area contributed by atoms with Crippen LogP contribution in [0, 0.1) is 5.41 Å². The maximum absolute atomic E-state index is 12.1. The Hall–Kier alpha value is -1.30. The highest BCUT2D eigenvalue weighted by Gasteiger charge is 2.61. The van der Waals surface area contributed by atoms with Crippen molar-refractivity contribution in [1.29, 1.82) is 0 Å². The number of hydrogen-bond donors (Lipinski definition) is 1. The van der Waals surface area contributed by atoms with E-state index in [-0.39, 0.29) is 11.5 Å². The van der Waals surface area contributed by atoms with Crippen LogP contribution in [0.4, 0.5) is 4.79 Å². The molecule has 6 heteroatoms. The monoisotopic (exact) mass is 349 g/mol. The van der Waals surface area contributed by atoms with Crippen molar-refractivity contribution >= 4 is 12.0 Å². The molecule has 4 aliphatic rings. The maximum atomic E-state index is 12.1. The first kappa shape index (κ1) is 17.1. The van der Waals surface area contributed by atoms with Gasteiger partial charge in [-0.15, -0.1) is 0 Å². The van der Waals surface area contributed by atoms with Crippen LogP contribution in [0.25, 0.3) is 0 Å². The van der Waals surface area contributed by atoms with Crippen molar-refractivity contribution in [3.05, 3.63) is 0 Å². The second-order valence-corrected chi connectivity index (χ2v) is 8.71. The van der Waals surface area contributed by atoms with E-state index in [0.29, 0.717) is 24.0 Å². The summed E-state index contributed by atoms with van der Waals surface area (Å²) in [5.74, 6) is 0.350. The molecule has 3 aliphatic heterocycles. The Bertz CT molecular complexity index is 552. The van der Waals surface area contributed by atoms with Gasteiger partial charge in [0, 0.05) is 55.6 Å². The molecule has 3 saturated heterocycles. The first-order chi connectivity index (χ1) is 11.9. The fourth-order valence-corrected chi connectivity index (χ4v) is 6.10. The van der Waals surface area contributed by atoms with Gasteiger partial charge in [0.15, 0.2) is 0 Å². The molecule has 3 heterocycles. The summed E-state index contributed by atoms with van der Waals surface area (Å²) in [6.45, 7) is 7.19. The Balaban J connectivity index is 1.28. The van der Waals surface area contributed by atoms with E-state index in [2.05, 4.69) is 23.6 Å². The van der Waals surface area contributed by atoms with Gasteiger partial charge < -0.3 is 19.8 Å². The molecule has 1 spiro atoms. The summed E-state index contributed by atoms with van der Waals surface area (Å²) in [5, 5.41) is 9.26. The highest BCUT2D eigenvalue weighted by molar-refractivity contribution is 5.79. The van der Waals surface area contributed by atoms with E-state index in [9.17, 15) is 14.7 Å². The minimum absolute atomic E-state index is 0.224. The molecule has 2 atom stereocenters. The minimum atomic E-state index is -0.758. The molecular weight excluding hydrogens is 318 g/mol. The van der Waals surface area contributed by atoms with Crippen LogP contribution in [0.3, 0.4) is 0 Å². The molecule has 0 bridgehead atoms. The number of rotatable bonds is 3. The SMILES string of the molecule is CCC1N(C(=O)O)CC12CC(N1CCC(N3C(=O)CC[C@H]3C)CC1)C2. The third kappa shape index (κ3) is 2.64. The lowest BCUT2D eigenvalue weighted by atomic mass is 9.54. The quantitative estimate of drug-likeness (QED) is 0.850. The smallest absolute Gasteiger partial charge is 0.407 e. The van der Waals surface area contributed by atoms with Crippen molar-refractivity contribution in [3.8, 4) is 0 Å². The van der Waals surface area contributed by atoms with E-state index in [1.165, 1.54) is 0 Å². The molecule has 140 valence electrons. The van der Waals surface area contributed by atoms with Crippen LogP contribution < -0.4 is 0 Å². The van der Waals surface area contributed by atoms with Gasteiger partial charge in [0.25, 0.3) is 0 Å². The molecule has 0 aromatic carbocycles. The summed E-state index contributed by atoms with van der Waals surface area (Å²) in [6.07, 6.45) is 6.41. The Morgan fingerprint density at radius 3 is 2.40 bits per heavy atom. The lowest BCUT2D eigenvalue weighted by molar-refractivity contribution is -0.150. The van der Waals surface area contributed by atoms with Crippen LogP contribution in [0.5, 0.6) is 0 Å². The van der Waals surface area contributed by atoms with Crippen molar-refractivity contribution in [2.24, 2.45) is 5.41 Å². The summed E-state index contributed by atoms with van der Waals surface area (Å²) < 4.78 is 0. The maximum Gasteiger partial charge on any atom is 0.407 e. The van der Waals surface area contributed by atoms with Gasteiger partial charge in [-0.25, -0.2) is 4.79 Å². The van der Waals surface area contributed by atoms with Crippen molar-refractivity contribution < 1.29 is 14.7 Å². The molecule has 25 heavy (non-hydrogen) atoms. The topological polar surface area (TPSA) is 64.1 Å². The normalized spacial score (nSPS) is 39.6. The van der Waals surface area contributed by atoms with Gasteiger partial charge in [-0.05, 0) is 45.4 Å². The predicted octanol–water partition coefficient (Wildman–Crippen LogP) is 2.38. The molecular formula is C19H31N3O3. The fraction of sp³-hybridized carbons (Fsp3) is 0.895. The molecule has 1 N–H and O–H groups in total. The van der Waals surface area contributed by atoms with E-state index in [0.717, 1.165) is 64.6 Å². The second-order valence-electron chi connectivity index (χ2n) is 8.71. The van der Waals surface area contributed by atoms with Crippen molar-refractivity contribution in [3.63, 3.8) is 0 Å². The number of carbonyl (C=O) groups is 2. The molecule has 1 aliphatic carbocycles. The van der Waals surface area contributed by atoms with Crippen molar-refractivity contribution in [1.82, 2.24) is 14.7 Å². The summed E-state index contributed by atoms with van der Waals surface area (Å²) in [4.78, 5) is 29.8. The summed E-state index contributed by atoms with van der Waals surface area (Å²) in [7, 11) is 0. The zero-order valence-electron chi connectivity index (χ0n) is 15.5. The van der Waals surface area contributed by atoms with Crippen LogP contribution in [0.2, 0.25) is 0 Å². The van der Waals surface area contributed by atoms with Crippen LogP contribution in [-0.2, 0) is 4.79 Å². The highest BCUT2D eigenvalue weighted by Crippen LogP contribution is 2.55. The third-order valence-corrected chi connectivity index (χ3v) is 7.43. The predicted molar refractivity (Wildman–Crippen MR) is 94.4 cm³/mol.